The van der Waals surface area contributed by atoms with Gasteiger partial charge < -0.3 is 9.72 Å². The normalized spacial score (nSPS) is 11.4. The largest absolute Gasteiger partial charge is 0.355 e. The quantitative estimate of drug-likeness (QED) is 0.637. The molecule has 0 unspecified atom stereocenters. The summed E-state index contributed by atoms with van der Waals surface area (Å²) in [6.07, 6.45) is 4.63. The average molecular weight is 382 g/mol. The van der Waals surface area contributed by atoms with Gasteiger partial charge in [-0.1, -0.05) is 6.07 Å². The molecule has 3 aromatic rings. The first-order valence-corrected chi connectivity index (χ1v) is 9.31. The molecule has 25 heavy (non-hydrogen) atoms. The minimum atomic E-state index is -2.50. The minimum absolute atomic E-state index is 0.149. The number of fused-ring (bicyclic) bond motifs is 1. The second-order valence-electron chi connectivity index (χ2n) is 5.34. The van der Waals surface area contributed by atoms with Gasteiger partial charge in [0.2, 0.25) is 5.91 Å². The highest BCUT2D eigenvalue weighted by atomic mass is 32.2. The van der Waals surface area contributed by atoms with Gasteiger partial charge in [-0.15, -0.1) is 11.3 Å². The van der Waals surface area contributed by atoms with E-state index in [-0.39, 0.29) is 12.3 Å². The number of hydrogen-bond donors (Lipinski definition) is 1. The van der Waals surface area contributed by atoms with Crippen LogP contribution in [0.5, 0.6) is 0 Å². The molecule has 0 aromatic carbocycles. The summed E-state index contributed by atoms with van der Waals surface area (Å²) in [6, 6.07) is 5.77. The Bertz CT molecular complexity index is 845. The third-order valence-corrected chi connectivity index (χ3v) is 5.46. The molecule has 0 spiro atoms. The molecular weight excluding hydrogens is 366 g/mol. The second-order valence-corrected chi connectivity index (χ2v) is 7.66. The number of thioether (sulfide) groups is 1. The zero-order chi connectivity index (χ0) is 17.8. The number of nitrogens with zero attached hydrogens (tertiary/aromatic N) is 3. The van der Waals surface area contributed by atoms with Crippen molar-refractivity contribution in [2.45, 2.75) is 29.9 Å². The van der Waals surface area contributed by atoms with Crippen LogP contribution in [0.15, 0.2) is 34.9 Å². The first kappa shape index (κ1) is 17.8. The van der Waals surface area contributed by atoms with Crippen LogP contribution in [-0.4, -0.2) is 32.6 Å². The number of rotatable bonds is 7. The molecule has 0 radical (unpaired) electrons. The summed E-state index contributed by atoms with van der Waals surface area (Å²) in [4.78, 5) is 21.3. The number of aryl methyl sites for hydroxylation is 1. The van der Waals surface area contributed by atoms with E-state index in [2.05, 4.69) is 15.3 Å². The van der Waals surface area contributed by atoms with Crippen molar-refractivity contribution in [1.29, 1.82) is 0 Å². The molecule has 3 aromatic heterocycles. The van der Waals surface area contributed by atoms with Gasteiger partial charge >= 0.3 is 0 Å². The van der Waals surface area contributed by atoms with Crippen molar-refractivity contribution in [1.82, 2.24) is 19.7 Å². The number of pyridine rings is 1. The maximum atomic E-state index is 12.4. The van der Waals surface area contributed by atoms with Gasteiger partial charge in [-0.3, -0.25) is 4.79 Å². The van der Waals surface area contributed by atoms with Crippen molar-refractivity contribution in [3.8, 4) is 0 Å². The highest BCUT2D eigenvalue weighted by Gasteiger charge is 2.15. The summed E-state index contributed by atoms with van der Waals surface area (Å²) in [5, 5.41) is 2.84. The van der Waals surface area contributed by atoms with Crippen LogP contribution in [0.3, 0.4) is 0 Å². The number of amides is 1. The highest BCUT2D eigenvalue weighted by Crippen LogP contribution is 2.31. The topological polar surface area (TPSA) is 59.3 Å². The number of halogens is 2. The SMILES string of the molecule is Cc1nc(SC(F)F)sc1CC(=O)NCCc1cn2ccccc2n1. The lowest BCUT2D eigenvalue weighted by Gasteiger charge is -2.03. The van der Waals surface area contributed by atoms with Crippen molar-refractivity contribution in [2.75, 3.05) is 6.54 Å². The van der Waals surface area contributed by atoms with Gasteiger partial charge in [-0.05, 0) is 30.8 Å². The fourth-order valence-electron chi connectivity index (χ4n) is 2.34. The molecule has 0 aliphatic heterocycles. The molecule has 0 saturated heterocycles. The second kappa shape index (κ2) is 7.92. The number of alkyl halides is 2. The van der Waals surface area contributed by atoms with Gasteiger partial charge in [-0.2, -0.15) is 8.78 Å². The van der Waals surface area contributed by atoms with Crippen molar-refractivity contribution in [3.63, 3.8) is 0 Å². The van der Waals surface area contributed by atoms with Gasteiger partial charge in [0.15, 0.2) is 4.34 Å². The van der Waals surface area contributed by atoms with E-state index >= 15 is 0 Å². The summed E-state index contributed by atoms with van der Waals surface area (Å²) in [6.45, 7) is 2.20. The van der Waals surface area contributed by atoms with Crippen LogP contribution in [-0.2, 0) is 17.6 Å². The van der Waals surface area contributed by atoms with Crippen molar-refractivity contribution in [3.05, 3.63) is 46.9 Å². The number of hydrogen-bond acceptors (Lipinski definition) is 5. The van der Waals surface area contributed by atoms with Crippen molar-refractivity contribution >= 4 is 34.7 Å². The van der Waals surface area contributed by atoms with E-state index in [1.807, 2.05) is 35.0 Å². The van der Waals surface area contributed by atoms with E-state index in [0.717, 1.165) is 22.7 Å². The fraction of sp³-hybridized carbons (Fsp3) is 0.312. The van der Waals surface area contributed by atoms with E-state index < -0.39 is 5.76 Å². The van der Waals surface area contributed by atoms with Crippen LogP contribution in [0, 0.1) is 6.92 Å². The van der Waals surface area contributed by atoms with Crippen LogP contribution in [0.2, 0.25) is 0 Å². The number of carbonyl (C=O) groups is 1. The Labute approximate surface area is 151 Å². The summed E-state index contributed by atoms with van der Waals surface area (Å²) in [5.74, 6) is -2.65. The Hall–Kier alpha value is -2.00. The lowest BCUT2D eigenvalue weighted by atomic mass is 10.3. The maximum absolute atomic E-state index is 12.4. The van der Waals surface area contributed by atoms with Crippen molar-refractivity contribution < 1.29 is 13.6 Å². The van der Waals surface area contributed by atoms with Gasteiger partial charge in [0.1, 0.15) is 5.65 Å². The predicted molar refractivity (Wildman–Crippen MR) is 94.3 cm³/mol. The minimum Gasteiger partial charge on any atom is -0.355 e. The molecule has 1 amide bonds. The number of nitrogens with one attached hydrogen (secondary N) is 1. The molecule has 3 rings (SSSR count). The fourth-order valence-corrected chi connectivity index (χ4v) is 4.18. The van der Waals surface area contributed by atoms with E-state index in [1.165, 1.54) is 0 Å². The number of carbonyl (C=O) groups excluding carboxylic acids is 1. The van der Waals surface area contributed by atoms with Crippen LogP contribution in [0.25, 0.3) is 5.65 Å². The van der Waals surface area contributed by atoms with Gasteiger partial charge in [0.25, 0.3) is 5.76 Å². The molecule has 5 nitrogen and oxygen atoms in total. The average Bonchev–Trinajstić information content (AvgIpc) is 3.10. The molecule has 0 saturated carbocycles. The molecule has 0 bridgehead atoms. The monoisotopic (exact) mass is 382 g/mol. The molecule has 132 valence electrons. The summed E-state index contributed by atoms with van der Waals surface area (Å²) in [5.41, 5.74) is 2.40. The van der Waals surface area contributed by atoms with E-state index in [1.54, 1.807) is 6.92 Å². The van der Waals surface area contributed by atoms with Crippen LogP contribution < -0.4 is 5.32 Å². The third kappa shape index (κ3) is 4.76. The Morgan fingerprint density at radius 1 is 1.40 bits per heavy atom. The summed E-state index contributed by atoms with van der Waals surface area (Å²) < 4.78 is 27.0. The number of imidazole rings is 1. The molecular formula is C16H16F2N4OS2. The van der Waals surface area contributed by atoms with Gasteiger partial charge in [0.05, 0.1) is 17.8 Å². The molecule has 1 N–H and O–H groups in total. The smallest absolute Gasteiger partial charge is 0.291 e. The zero-order valence-corrected chi connectivity index (χ0v) is 15.0. The summed E-state index contributed by atoms with van der Waals surface area (Å²) >= 11 is 1.55. The molecule has 0 aliphatic rings. The van der Waals surface area contributed by atoms with Gasteiger partial charge in [0, 0.05) is 30.2 Å². The lowest BCUT2D eigenvalue weighted by molar-refractivity contribution is -0.120. The van der Waals surface area contributed by atoms with Crippen molar-refractivity contribution in [2.24, 2.45) is 0 Å². The van der Waals surface area contributed by atoms with Crippen LogP contribution >= 0.6 is 23.1 Å². The molecule has 3 heterocycles. The maximum Gasteiger partial charge on any atom is 0.291 e. The molecule has 0 atom stereocenters. The summed E-state index contributed by atoms with van der Waals surface area (Å²) in [7, 11) is 0. The molecule has 0 aliphatic carbocycles. The van der Waals surface area contributed by atoms with Crippen LogP contribution in [0.4, 0.5) is 8.78 Å². The van der Waals surface area contributed by atoms with E-state index in [9.17, 15) is 13.6 Å². The standard InChI is InChI=1S/C16H16F2N4OS2/c1-10-12(24-16(20-10)25-15(17)18)8-14(23)19-6-5-11-9-22-7-3-2-4-13(22)21-11/h2-4,7,9,15H,5-6,8H2,1H3,(H,19,23). The Balaban J connectivity index is 1.50. The van der Waals surface area contributed by atoms with Gasteiger partial charge in [-0.25, -0.2) is 9.97 Å². The Morgan fingerprint density at radius 2 is 2.24 bits per heavy atom. The van der Waals surface area contributed by atoms with E-state index in [4.69, 9.17) is 0 Å². The number of aromatic nitrogens is 3. The lowest BCUT2D eigenvalue weighted by Crippen LogP contribution is -2.27. The number of thiazole rings is 1. The Kier molecular flexibility index (Phi) is 5.64. The highest BCUT2D eigenvalue weighted by molar-refractivity contribution is 8.01. The Morgan fingerprint density at radius 3 is 3.00 bits per heavy atom. The first-order chi connectivity index (χ1) is 12.0. The zero-order valence-electron chi connectivity index (χ0n) is 13.4. The third-order valence-electron chi connectivity index (χ3n) is 3.50. The molecule has 0 fully saturated rings. The first-order valence-electron chi connectivity index (χ1n) is 7.61. The predicted octanol–water partition coefficient (Wildman–Crippen LogP) is 3.32. The van der Waals surface area contributed by atoms with E-state index in [0.29, 0.717) is 39.6 Å². The van der Waals surface area contributed by atoms with Crippen LogP contribution in [0.1, 0.15) is 16.3 Å². The molecule has 9 heteroatoms.